The average molecular weight is 233 g/mol. The molecule has 0 aromatic carbocycles. The number of carbonyl (C=O) groups excluding carboxylic acids is 1. The molecule has 4 heteroatoms. The second-order valence-corrected chi connectivity index (χ2v) is 4.45. The van der Waals surface area contributed by atoms with E-state index in [1.54, 1.807) is 6.92 Å². The van der Waals surface area contributed by atoms with Crippen molar-refractivity contribution in [3.63, 3.8) is 0 Å². The molecule has 0 saturated carbocycles. The van der Waals surface area contributed by atoms with Gasteiger partial charge in [-0.05, 0) is 25.0 Å². The maximum Gasteiger partial charge on any atom is 0.404 e. The summed E-state index contributed by atoms with van der Waals surface area (Å²) < 4.78 is 4.18. The number of primary amides is 1. The van der Waals surface area contributed by atoms with Crippen molar-refractivity contribution in [2.75, 3.05) is 18.1 Å². The zero-order valence-electron chi connectivity index (χ0n) is 9.99. The van der Waals surface area contributed by atoms with Gasteiger partial charge < -0.3 is 10.5 Å². The Bertz CT molecular complexity index is 161. The summed E-state index contributed by atoms with van der Waals surface area (Å²) in [5, 5.41) is 0. The second kappa shape index (κ2) is 13.4. The van der Waals surface area contributed by atoms with E-state index in [-0.39, 0.29) is 0 Å². The van der Waals surface area contributed by atoms with Gasteiger partial charge in [0.05, 0.1) is 6.61 Å². The molecule has 90 valence electrons. The predicted molar refractivity (Wildman–Crippen MR) is 68.2 cm³/mol. The minimum absolute atomic E-state index is 0.356. The van der Waals surface area contributed by atoms with Crippen molar-refractivity contribution in [2.45, 2.75) is 27.2 Å². The van der Waals surface area contributed by atoms with Gasteiger partial charge in [0.2, 0.25) is 0 Å². The Hall–Kier alpha value is -0.640. The predicted octanol–water partition coefficient (Wildman–Crippen LogP) is 3.05. The highest BCUT2D eigenvalue weighted by Crippen LogP contribution is 2.07. The number of thioether (sulfide) groups is 1. The van der Waals surface area contributed by atoms with Gasteiger partial charge in [0, 0.05) is 5.75 Å². The number of amides is 1. The Labute approximate surface area is 97.4 Å². The van der Waals surface area contributed by atoms with Gasteiger partial charge in [-0.25, -0.2) is 4.79 Å². The maximum absolute atomic E-state index is 9.60. The summed E-state index contributed by atoms with van der Waals surface area (Å²) in [6.07, 6.45) is 2.58. The first-order valence-electron chi connectivity index (χ1n) is 5.15. The van der Waals surface area contributed by atoms with Crippen LogP contribution in [0.5, 0.6) is 0 Å². The van der Waals surface area contributed by atoms with E-state index in [0.29, 0.717) is 6.61 Å². The zero-order valence-corrected chi connectivity index (χ0v) is 10.8. The maximum atomic E-state index is 9.60. The fourth-order valence-electron chi connectivity index (χ4n) is 0.628. The molecule has 0 heterocycles. The standard InChI is InChI=1S/C8H16S.C3H7NO2/c1-4-6-9-7-5-8(2)3;1-2-6-3(4)5/h4,8H,1,5-7H2,2-3H3;2H2,1H3,(H2,4,5). The normalized spacial score (nSPS) is 9.07. The van der Waals surface area contributed by atoms with Crippen LogP contribution in [0, 0.1) is 5.92 Å². The molecule has 0 aliphatic heterocycles. The molecule has 0 fully saturated rings. The van der Waals surface area contributed by atoms with Crippen LogP contribution < -0.4 is 5.73 Å². The summed E-state index contributed by atoms with van der Waals surface area (Å²) in [5.41, 5.74) is 4.54. The lowest BCUT2D eigenvalue weighted by molar-refractivity contribution is 0.163. The summed E-state index contributed by atoms with van der Waals surface area (Å²) >= 11 is 1.96. The topological polar surface area (TPSA) is 52.3 Å². The van der Waals surface area contributed by atoms with Crippen molar-refractivity contribution >= 4 is 17.9 Å². The van der Waals surface area contributed by atoms with Crippen LogP contribution >= 0.6 is 11.8 Å². The molecule has 0 spiro atoms. The van der Waals surface area contributed by atoms with E-state index in [1.165, 1.54) is 12.2 Å². The lowest BCUT2D eigenvalue weighted by Gasteiger charge is -2.01. The van der Waals surface area contributed by atoms with Gasteiger partial charge in [0.15, 0.2) is 0 Å². The van der Waals surface area contributed by atoms with Crippen LogP contribution in [-0.2, 0) is 4.74 Å². The Kier molecular flexibility index (Phi) is 14.9. The highest BCUT2D eigenvalue weighted by molar-refractivity contribution is 7.99. The van der Waals surface area contributed by atoms with Crippen LogP contribution in [0.2, 0.25) is 0 Å². The molecule has 0 radical (unpaired) electrons. The molecule has 1 amide bonds. The van der Waals surface area contributed by atoms with Crippen molar-refractivity contribution in [3.05, 3.63) is 12.7 Å². The van der Waals surface area contributed by atoms with E-state index in [4.69, 9.17) is 0 Å². The molecule has 15 heavy (non-hydrogen) atoms. The van der Waals surface area contributed by atoms with E-state index >= 15 is 0 Å². The monoisotopic (exact) mass is 233 g/mol. The third-order valence-corrected chi connectivity index (χ3v) is 2.36. The molecule has 2 N–H and O–H groups in total. The van der Waals surface area contributed by atoms with Crippen LogP contribution in [0.25, 0.3) is 0 Å². The fourth-order valence-corrected chi connectivity index (χ4v) is 1.60. The van der Waals surface area contributed by atoms with E-state index in [0.717, 1.165) is 11.7 Å². The van der Waals surface area contributed by atoms with Crippen molar-refractivity contribution in [1.29, 1.82) is 0 Å². The Morgan fingerprint density at radius 1 is 1.60 bits per heavy atom. The first-order valence-corrected chi connectivity index (χ1v) is 6.30. The van der Waals surface area contributed by atoms with Crippen molar-refractivity contribution in [2.24, 2.45) is 11.7 Å². The number of rotatable bonds is 6. The summed E-state index contributed by atoms with van der Waals surface area (Å²) in [6, 6.07) is 0. The van der Waals surface area contributed by atoms with E-state index < -0.39 is 6.09 Å². The van der Waals surface area contributed by atoms with Crippen LogP contribution in [0.1, 0.15) is 27.2 Å². The third-order valence-electron chi connectivity index (χ3n) is 1.36. The number of hydrogen-bond donors (Lipinski definition) is 1. The van der Waals surface area contributed by atoms with Gasteiger partial charge in [-0.2, -0.15) is 11.8 Å². The molecular weight excluding hydrogens is 210 g/mol. The largest absolute Gasteiger partial charge is 0.450 e. The Balaban J connectivity index is 0. The Morgan fingerprint density at radius 3 is 2.47 bits per heavy atom. The molecular formula is C11H23NO2S. The molecule has 0 aliphatic carbocycles. The Morgan fingerprint density at radius 2 is 2.20 bits per heavy atom. The highest BCUT2D eigenvalue weighted by atomic mass is 32.2. The van der Waals surface area contributed by atoms with Crippen LogP contribution in [0.4, 0.5) is 4.79 Å². The third kappa shape index (κ3) is 24.7. The van der Waals surface area contributed by atoms with Gasteiger partial charge in [0.1, 0.15) is 0 Å². The number of nitrogens with two attached hydrogens (primary N) is 1. The lowest BCUT2D eigenvalue weighted by atomic mass is 10.2. The molecule has 0 atom stereocenters. The van der Waals surface area contributed by atoms with Gasteiger partial charge in [0.25, 0.3) is 0 Å². The van der Waals surface area contributed by atoms with E-state index in [1.807, 2.05) is 17.8 Å². The highest BCUT2D eigenvalue weighted by Gasteiger charge is 1.91. The molecule has 0 bridgehead atoms. The molecule has 0 unspecified atom stereocenters. The summed E-state index contributed by atoms with van der Waals surface area (Å²) in [6.45, 7) is 10.2. The van der Waals surface area contributed by atoms with Crippen LogP contribution in [0.15, 0.2) is 12.7 Å². The van der Waals surface area contributed by atoms with Crippen molar-refractivity contribution in [1.82, 2.24) is 0 Å². The van der Waals surface area contributed by atoms with Gasteiger partial charge in [-0.3, -0.25) is 0 Å². The lowest BCUT2D eigenvalue weighted by Crippen LogP contribution is -2.11. The van der Waals surface area contributed by atoms with Gasteiger partial charge in [-0.15, -0.1) is 6.58 Å². The number of carbonyl (C=O) groups is 1. The van der Waals surface area contributed by atoms with E-state index in [2.05, 4.69) is 30.9 Å². The minimum atomic E-state index is -0.711. The summed E-state index contributed by atoms with van der Waals surface area (Å²) in [5.74, 6) is 3.23. The zero-order chi connectivity index (χ0) is 12.1. The van der Waals surface area contributed by atoms with Crippen molar-refractivity contribution < 1.29 is 9.53 Å². The van der Waals surface area contributed by atoms with Crippen LogP contribution in [0.3, 0.4) is 0 Å². The fraction of sp³-hybridized carbons (Fsp3) is 0.727. The number of hydrogen-bond acceptors (Lipinski definition) is 3. The van der Waals surface area contributed by atoms with Gasteiger partial charge in [-0.1, -0.05) is 19.9 Å². The van der Waals surface area contributed by atoms with Crippen LogP contribution in [-0.4, -0.2) is 24.2 Å². The molecule has 0 rings (SSSR count). The number of ether oxygens (including phenoxy) is 1. The first-order chi connectivity index (χ1) is 7.04. The minimum Gasteiger partial charge on any atom is -0.450 e. The SMILES string of the molecule is C=CCSCCC(C)C.CCOC(N)=O. The summed E-state index contributed by atoms with van der Waals surface area (Å²) in [7, 11) is 0. The quantitative estimate of drug-likeness (QED) is 0.566. The van der Waals surface area contributed by atoms with Gasteiger partial charge >= 0.3 is 6.09 Å². The molecule has 0 aliphatic rings. The molecule has 0 saturated heterocycles. The molecule has 0 aromatic rings. The average Bonchev–Trinajstić information content (AvgIpc) is 2.13. The van der Waals surface area contributed by atoms with E-state index in [9.17, 15) is 4.79 Å². The summed E-state index contributed by atoms with van der Waals surface area (Å²) in [4.78, 5) is 9.60. The first kappa shape index (κ1) is 16.8. The smallest absolute Gasteiger partial charge is 0.404 e. The second-order valence-electron chi connectivity index (χ2n) is 3.30. The molecule has 3 nitrogen and oxygen atoms in total. The van der Waals surface area contributed by atoms with Crippen molar-refractivity contribution in [3.8, 4) is 0 Å². The molecule has 0 aromatic heterocycles.